The first kappa shape index (κ1) is 8.62. The Morgan fingerprint density at radius 2 is 2.27 bits per heavy atom. The molecular formula is C6H7ClO3S. The first-order valence-corrected chi connectivity index (χ1v) is 5.42. The Morgan fingerprint density at radius 1 is 1.64 bits per heavy atom. The molecule has 0 bridgehead atoms. The average molecular weight is 195 g/mol. The van der Waals surface area contributed by atoms with Crippen molar-refractivity contribution >= 4 is 19.7 Å². The van der Waals surface area contributed by atoms with Crippen LogP contribution in [0.3, 0.4) is 0 Å². The molecule has 0 aliphatic heterocycles. The smallest absolute Gasteiger partial charge is 0.236 e. The standard InChI is InChI=1S/C6H7ClO3S/c1-5-6(2-3-10-5)4-11(7,8)9/h2-3H,4H2,1H3. The van der Waals surface area contributed by atoms with Crippen LogP contribution in [-0.2, 0) is 14.8 Å². The van der Waals surface area contributed by atoms with Crippen LogP contribution in [0.2, 0.25) is 0 Å². The molecule has 0 aromatic carbocycles. The van der Waals surface area contributed by atoms with Gasteiger partial charge < -0.3 is 4.42 Å². The molecule has 5 heteroatoms. The van der Waals surface area contributed by atoms with Gasteiger partial charge in [0.25, 0.3) is 0 Å². The van der Waals surface area contributed by atoms with E-state index < -0.39 is 9.05 Å². The van der Waals surface area contributed by atoms with Gasteiger partial charge in [-0.05, 0) is 13.0 Å². The lowest BCUT2D eigenvalue weighted by atomic mass is 10.3. The minimum absolute atomic E-state index is 0.170. The molecule has 1 aromatic rings. The van der Waals surface area contributed by atoms with Gasteiger partial charge in [-0.25, -0.2) is 8.42 Å². The van der Waals surface area contributed by atoms with E-state index in [0.29, 0.717) is 11.3 Å². The topological polar surface area (TPSA) is 47.3 Å². The SMILES string of the molecule is Cc1occc1CS(=O)(=O)Cl. The maximum absolute atomic E-state index is 10.6. The molecule has 0 saturated heterocycles. The molecule has 0 N–H and O–H groups in total. The number of rotatable bonds is 2. The van der Waals surface area contributed by atoms with E-state index >= 15 is 0 Å². The lowest BCUT2D eigenvalue weighted by Gasteiger charge is -1.92. The summed E-state index contributed by atoms with van der Waals surface area (Å²) in [5.41, 5.74) is 0.611. The van der Waals surface area contributed by atoms with Crippen molar-refractivity contribution in [2.24, 2.45) is 0 Å². The average Bonchev–Trinajstić information content (AvgIpc) is 2.12. The Morgan fingerprint density at radius 3 is 2.64 bits per heavy atom. The molecule has 0 saturated carbocycles. The predicted molar refractivity (Wildman–Crippen MR) is 41.9 cm³/mol. The second kappa shape index (κ2) is 2.87. The number of furan rings is 1. The summed E-state index contributed by atoms with van der Waals surface area (Å²) < 4.78 is 26.0. The van der Waals surface area contributed by atoms with Crippen molar-refractivity contribution in [2.75, 3.05) is 0 Å². The Balaban J connectivity index is 2.89. The van der Waals surface area contributed by atoms with Gasteiger partial charge in [-0.15, -0.1) is 0 Å². The zero-order valence-electron chi connectivity index (χ0n) is 5.87. The zero-order chi connectivity index (χ0) is 8.48. The molecule has 0 radical (unpaired) electrons. The third kappa shape index (κ3) is 2.55. The van der Waals surface area contributed by atoms with Gasteiger partial charge in [-0.3, -0.25) is 0 Å². The Hall–Kier alpha value is -0.480. The van der Waals surface area contributed by atoms with E-state index in [2.05, 4.69) is 0 Å². The van der Waals surface area contributed by atoms with E-state index in [1.54, 1.807) is 13.0 Å². The number of hydrogen-bond donors (Lipinski definition) is 0. The molecular weight excluding hydrogens is 188 g/mol. The van der Waals surface area contributed by atoms with Crippen LogP contribution < -0.4 is 0 Å². The maximum atomic E-state index is 10.6. The maximum Gasteiger partial charge on any atom is 0.236 e. The number of halogens is 1. The lowest BCUT2D eigenvalue weighted by Crippen LogP contribution is -1.94. The predicted octanol–water partition coefficient (Wildman–Crippen LogP) is 1.66. The molecule has 0 aliphatic rings. The van der Waals surface area contributed by atoms with E-state index in [4.69, 9.17) is 15.1 Å². The van der Waals surface area contributed by atoms with Gasteiger partial charge in [0.15, 0.2) is 0 Å². The number of aryl methyl sites for hydroxylation is 1. The molecule has 62 valence electrons. The minimum Gasteiger partial charge on any atom is -0.469 e. The van der Waals surface area contributed by atoms with Gasteiger partial charge in [0.2, 0.25) is 9.05 Å². The summed E-state index contributed by atoms with van der Waals surface area (Å²) in [6, 6.07) is 1.59. The highest BCUT2D eigenvalue weighted by Crippen LogP contribution is 2.14. The molecule has 1 heterocycles. The van der Waals surface area contributed by atoms with Crippen molar-refractivity contribution in [3.63, 3.8) is 0 Å². The molecule has 0 spiro atoms. The van der Waals surface area contributed by atoms with E-state index in [9.17, 15) is 8.42 Å². The van der Waals surface area contributed by atoms with Crippen LogP contribution in [0.5, 0.6) is 0 Å². The van der Waals surface area contributed by atoms with Gasteiger partial charge in [0, 0.05) is 16.2 Å². The molecule has 0 unspecified atom stereocenters. The largest absolute Gasteiger partial charge is 0.469 e. The van der Waals surface area contributed by atoms with Crippen molar-refractivity contribution in [2.45, 2.75) is 12.7 Å². The highest BCUT2D eigenvalue weighted by atomic mass is 35.7. The third-order valence-electron chi connectivity index (χ3n) is 1.29. The van der Waals surface area contributed by atoms with Gasteiger partial charge >= 0.3 is 0 Å². The fraction of sp³-hybridized carbons (Fsp3) is 0.333. The van der Waals surface area contributed by atoms with Crippen LogP contribution in [0, 0.1) is 6.92 Å². The third-order valence-corrected chi connectivity index (χ3v) is 2.28. The van der Waals surface area contributed by atoms with Crippen LogP contribution in [0.25, 0.3) is 0 Å². The molecule has 1 rings (SSSR count). The quantitative estimate of drug-likeness (QED) is 0.673. The molecule has 0 atom stereocenters. The Kier molecular flexibility index (Phi) is 2.25. The fourth-order valence-corrected chi connectivity index (χ4v) is 1.77. The monoisotopic (exact) mass is 194 g/mol. The fourth-order valence-electron chi connectivity index (χ4n) is 0.747. The van der Waals surface area contributed by atoms with E-state index in [1.165, 1.54) is 6.26 Å². The molecule has 0 amide bonds. The zero-order valence-corrected chi connectivity index (χ0v) is 7.45. The second-order valence-corrected chi connectivity index (χ2v) is 4.96. The van der Waals surface area contributed by atoms with Crippen molar-refractivity contribution in [3.05, 3.63) is 23.7 Å². The molecule has 0 aliphatic carbocycles. The Bertz CT molecular complexity index is 338. The van der Waals surface area contributed by atoms with Crippen LogP contribution in [0.1, 0.15) is 11.3 Å². The van der Waals surface area contributed by atoms with Crippen molar-refractivity contribution in [1.29, 1.82) is 0 Å². The van der Waals surface area contributed by atoms with Gasteiger partial charge in [0.1, 0.15) is 5.76 Å². The van der Waals surface area contributed by atoms with Crippen LogP contribution in [0.15, 0.2) is 16.7 Å². The van der Waals surface area contributed by atoms with E-state index in [0.717, 1.165) is 0 Å². The summed E-state index contributed by atoms with van der Waals surface area (Å²) in [7, 11) is 1.57. The van der Waals surface area contributed by atoms with E-state index in [1.807, 2.05) is 0 Å². The lowest BCUT2D eigenvalue weighted by molar-refractivity contribution is 0.530. The summed E-state index contributed by atoms with van der Waals surface area (Å²) in [5, 5.41) is 0. The second-order valence-electron chi connectivity index (χ2n) is 2.19. The van der Waals surface area contributed by atoms with Gasteiger partial charge in [-0.1, -0.05) is 0 Å². The van der Waals surface area contributed by atoms with Crippen LogP contribution in [0.4, 0.5) is 0 Å². The van der Waals surface area contributed by atoms with Crippen molar-refractivity contribution in [1.82, 2.24) is 0 Å². The minimum atomic E-state index is -3.46. The molecule has 0 fully saturated rings. The van der Waals surface area contributed by atoms with Gasteiger partial charge in [0.05, 0.1) is 12.0 Å². The summed E-state index contributed by atoms with van der Waals surface area (Å²) >= 11 is 0. The van der Waals surface area contributed by atoms with E-state index in [-0.39, 0.29) is 5.75 Å². The van der Waals surface area contributed by atoms with Crippen molar-refractivity contribution in [3.8, 4) is 0 Å². The van der Waals surface area contributed by atoms with Gasteiger partial charge in [-0.2, -0.15) is 0 Å². The first-order chi connectivity index (χ1) is 4.99. The summed E-state index contributed by atoms with van der Waals surface area (Å²) in [4.78, 5) is 0. The number of hydrogen-bond acceptors (Lipinski definition) is 3. The molecule has 1 aromatic heterocycles. The summed E-state index contributed by atoms with van der Waals surface area (Å²) in [6.45, 7) is 1.69. The summed E-state index contributed by atoms with van der Waals surface area (Å²) in [6.07, 6.45) is 1.44. The van der Waals surface area contributed by atoms with Crippen LogP contribution >= 0.6 is 10.7 Å². The summed E-state index contributed by atoms with van der Waals surface area (Å²) in [5.74, 6) is 0.422. The Labute approximate surface area is 69.4 Å². The van der Waals surface area contributed by atoms with Crippen LogP contribution in [-0.4, -0.2) is 8.42 Å². The van der Waals surface area contributed by atoms with Crippen molar-refractivity contribution < 1.29 is 12.8 Å². The normalized spacial score (nSPS) is 11.8. The molecule has 11 heavy (non-hydrogen) atoms. The highest BCUT2D eigenvalue weighted by Gasteiger charge is 2.10. The molecule has 3 nitrogen and oxygen atoms in total. The highest BCUT2D eigenvalue weighted by molar-refractivity contribution is 8.13. The first-order valence-electron chi connectivity index (χ1n) is 2.94.